The average Bonchev–Trinajstić information content (AvgIpc) is 2.50. The molecule has 0 heterocycles. The van der Waals surface area contributed by atoms with Crippen molar-refractivity contribution < 1.29 is 26.2 Å². The van der Waals surface area contributed by atoms with Gasteiger partial charge in [0, 0.05) is 26.2 Å². The van der Waals surface area contributed by atoms with Crippen LogP contribution in [0.2, 0.25) is 0 Å². The van der Waals surface area contributed by atoms with E-state index in [0.29, 0.717) is 0 Å². The summed E-state index contributed by atoms with van der Waals surface area (Å²) in [5.74, 6) is 4.44. The molecule has 0 aromatic rings. The van der Waals surface area contributed by atoms with E-state index >= 15 is 0 Å². The molecule has 0 saturated heterocycles. The van der Waals surface area contributed by atoms with Crippen LogP contribution in [0.1, 0.15) is 47.5 Å². The van der Waals surface area contributed by atoms with E-state index in [1.807, 2.05) is 7.05 Å². The Morgan fingerprint density at radius 1 is 0.857 bits per heavy atom. The van der Waals surface area contributed by atoms with Gasteiger partial charge in [-0.15, -0.1) is 13.5 Å². The Morgan fingerprint density at radius 3 is 1.67 bits per heavy atom. The second-order valence-corrected chi connectivity index (χ2v) is 6.04. The summed E-state index contributed by atoms with van der Waals surface area (Å²) in [5, 5.41) is 8.67. The molecule has 3 heteroatoms. The molecule has 1 aliphatic rings. The fraction of sp³-hybridized carbons (Fsp3) is 0.833. The SMILES string of the molecule is C[N-]C(C)[N-]CCCC1C(C)C(C)C(C)C1C.[CH3-].[CH3-].[CH3-].[Zr]. The summed E-state index contributed by atoms with van der Waals surface area (Å²) in [6.45, 7) is 12.8. The van der Waals surface area contributed by atoms with Crippen molar-refractivity contribution in [3.8, 4) is 0 Å². The monoisotopic (exact) mass is 373 g/mol. The molecule has 0 amide bonds. The Kier molecular flexibility index (Phi) is 20.4. The van der Waals surface area contributed by atoms with Crippen molar-refractivity contribution in [1.82, 2.24) is 0 Å². The van der Waals surface area contributed by atoms with Gasteiger partial charge >= 0.3 is 0 Å². The molecular formula is C18H39N2Zr-5. The van der Waals surface area contributed by atoms with Crippen molar-refractivity contribution in [2.45, 2.75) is 53.6 Å². The molecular weight excluding hydrogens is 335 g/mol. The van der Waals surface area contributed by atoms with Crippen LogP contribution in [0, 0.1) is 51.9 Å². The van der Waals surface area contributed by atoms with Gasteiger partial charge < -0.3 is 32.9 Å². The third-order valence-electron chi connectivity index (χ3n) is 5.30. The Hall–Kier alpha value is 0.803. The molecule has 21 heavy (non-hydrogen) atoms. The van der Waals surface area contributed by atoms with Gasteiger partial charge in [0.2, 0.25) is 0 Å². The van der Waals surface area contributed by atoms with E-state index in [9.17, 15) is 0 Å². The van der Waals surface area contributed by atoms with Crippen LogP contribution >= 0.6 is 0 Å². The topological polar surface area (TPSA) is 28.2 Å². The maximum absolute atomic E-state index is 4.53. The number of hydrogen-bond donors (Lipinski definition) is 0. The fourth-order valence-electron chi connectivity index (χ4n) is 3.43. The minimum absolute atomic E-state index is 0. The van der Waals surface area contributed by atoms with Crippen molar-refractivity contribution in [3.63, 3.8) is 0 Å². The van der Waals surface area contributed by atoms with Crippen molar-refractivity contribution >= 4 is 0 Å². The molecule has 5 atom stereocenters. The maximum Gasteiger partial charge on any atom is 0 e. The first kappa shape index (κ1) is 29.8. The molecule has 2 nitrogen and oxygen atoms in total. The summed E-state index contributed by atoms with van der Waals surface area (Å²) in [6.07, 6.45) is 2.77. The van der Waals surface area contributed by atoms with Gasteiger partial charge in [0.05, 0.1) is 0 Å². The standard InChI is InChI=1S/C15H30N2.3CH3.Zr/c1-10-11(2)13(4)15(12(10)3)8-7-9-17-14(5)16-6;;;;/h10-15H,7-9H2,1-6H3;3*1H3;/q-2;3*-1;. The Labute approximate surface area is 155 Å². The van der Waals surface area contributed by atoms with Gasteiger partial charge in [-0.3, -0.25) is 0 Å². The summed E-state index contributed by atoms with van der Waals surface area (Å²) in [7, 11) is 1.85. The van der Waals surface area contributed by atoms with Gasteiger partial charge in [-0.05, 0) is 29.6 Å². The summed E-state index contributed by atoms with van der Waals surface area (Å²) in [5.41, 5.74) is 0. The summed E-state index contributed by atoms with van der Waals surface area (Å²) in [4.78, 5) is 0. The number of hydrogen-bond acceptors (Lipinski definition) is 0. The quantitative estimate of drug-likeness (QED) is 0.402. The Morgan fingerprint density at radius 2 is 1.29 bits per heavy atom. The zero-order valence-corrected chi connectivity index (χ0v) is 18.4. The zero-order valence-electron chi connectivity index (χ0n) is 16.0. The second kappa shape index (κ2) is 14.4. The average molecular weight is 375 g/mol. The Balaban J connectivity index is -0.000000361. The van der Waals surface area contributed by atoms with Crippen molar-refractivity contribution in [2.24, 2.45) is 29.6 Å². The molecule has 1 aliphatic carbocycles. The number of rotatable bonds is 6. The molecule has 0 radical (unpaired) electrons. The molecule has 1 saturated carbocycles. The molecule has 1 rings (SSSR count). The van der Waals surface area contributed by atoms with Crippen LogP contribution in [0.4, 0.5) is 0 Å². The minimum Gasteiger partial charge on any atom is -0.681 e. The summed E-state index contributed by atoms with van der Waals surface area (Å²) in [6, 6.07) is 0. The first-order valence-corrected chi connectivity index (χ1v) is 7.24. The van der Waals surface area contributed by atoms with E-state index in [2.05, 4.69) is 45.3 Å². The van der Waals surface area contributed by atoms with E-state index in [4.69, 9.17) is 0 Å². The Bertz CT molecular complexity index is 209. The minimum atomic E-state index is 0. The predicted molar refractivity (Wildman–Crippen MR) is 95.6 cm³/mol. The molecule has 5 unspecified atom stereocenters. The number of nitrogens with zero attached hydrogens (tertiary/aromatic N) is 2. The van der Waals surface area contributed by atoms with Crippen LogP contribution in [0.3, 0.4) is 0 Å². The molecule has 0 aliphatic heterocycles. The van der Waals surface area contributed by atoms with E-state index < -0.39 is 0 Å². The van der Waals surface area contributed by atoms with Gasteiger partial charge in [0.1, 0.15) is 0 Å². The first-order chi connectivity index (χ1) is 7.99. The third-order valence-corrected chi connectivity index (χ3v) is 5.30. The second-order valence-electron chi connectivity index (χ2n) is 6.04. The largest absolute Gasteiger partial charge is 0.681 e. The van der Waals surface area contributed by atoms with Crippen LogP contribution in [0.5, 0.6) is 0 Å². The van der Waals surface area contributed by atoms with E-state index in [1.165, 1.54) is 12.8 Å². The van der Waals surface area contributed by atoms with Gasteiger partial charge in [0.25, 0.3) is 0 Å². The third kappa shape index (κ3) is 8.28. The van der Waals surface area contributed by atoms with Crippen LogP contribution < -0.4 is 0 Å². The van der Waals surface area contributed by atoms with Crippen LogP contribution in [-0.4, -0.2) is 19.8 Å². The summed E-state index contributed by atoms with van der Waals surface area (Å²) >= 11 is 0. The van der Waals surface area contributed by atoms with Crippen molar-refractivity contribution in [3.05, 3.63) is 32.9 Å². The fourth-order valence-corrected chi connectivity index (χ4v) is 3.43. The molecule has 0 spiro atoms. The molecule has 1 fully saturated rings. The predicted octanol–water partition coefficient (Wildman–Crippen LogP) is 6.01. The van der Waals surface area contributed by atoms with Crippen molar-refractivity contribution in [1.29, 1.82) is 0 Å². The van der Waals surface area contributed by atoms with Gasteiger partial charge in [-0.1, -0.05) is 40.5 Å². The molecule has 0 bridgehead atoms. The molecule has 130 valence electrons. The van der Waals surface area contributed by atoms with Gasteiger partial charge in [0.15, 0.2) is 0 Å². The van der Waals surface area contributed by atoms with Crippen LogP contribution in [-0.2, 0) is 26.2 Å². The zero-order chi connectivity index (χ0) is 13.0. The summed E-state index contributed by atoms with van der Waals surface area (Å²) < 4.78 is 0. The smallest absolute Gasteiger partial charge is 0 e. The van der Waals surface area contributed by atoms with Crippen LogP contribution in [0.25, 0.3) is 10.6 Å². The van der Waals surface area contributed by atoms with E-state index in [1.54, 1.807) is 0 Å². The van der Waals surface area contributed by atoms with E-state index in [-0.39, 0.29) is 54.6 Å². The molecule has 0 N–H and O–H groups in total. The van der Waals surface area contributed by atoms with Crippen molar-refractivity contribution in [2.75, 3.05) is 13.6 Å². The first-order valence-electron chi connectivity index (χ1n) is 7.24. The normalized spacial score (nSPS) is 32.0. The van der Waals surface area contributed by atoms with E-state index in [0.717, 1.165) is 36.1 Å². The molecule has 0 aromatic carbocycles. The maximum atomic E-state index is 4.53. The van der Waals surface area contributed by atoms with Gasteiger partial charge in [-0.25, -0.2) is 6.17 Å². The van der Waals surface area contributed by atoms with Gasteiger partial charge in [-0.2, -0.15) is 7.05 Å². The van der Waals surface area contributed by atoms with Crippen LogP contribution in [0.15, 0.2) is 0 Å². The molecule has 0 aromatic heterocycles.